The summed E-state index contributed by atoms with van der Waals surface area (Å²) in [6, 6.07) is 0.993. The summed E-state index contributed by atoms with van der Waals surface area (Å²) in [5, 5.41) is 7.98. The average Bonchev–Trinajstić information content (AvgIpc) is 2.98. The Morgan fingerprint density at radius 3 is 2.62 bits per heavy atom. The third kappa shape index (κ3) is 3.11. The van der Waals surface area contributed by atoms with Crippen molar-refractivity contribution in [3.8, 4) is 0 Å². The molecular formula is C15H15F3N8. The van der Waals surface area contributed by atoms with E-state index in [0.29, 0.717) is 37.6 Å². The van der Waals surface area contributed by atoms with E-state index >= 15 is 0 Å². The summed E-state index contributed by atoms with van der Waals surface area (Å²) in [7, 11) is 0. The van der Waals surface area contributed by atoms with E-state index in [2.05, 4.69) is 30.0 Å². The van der Waals surface area contributed by atoms with Crippen LogP contribution in [0.25, 0.3) is 5.65 Å². The molecule has 0 N–H and O–H groups in total. The highest BCUT2D eigenvalue weighted by Gasteiger charge is 2.33. The topological polar surface area (TPSA) is 75.3 Å². The molecule has 3 aromatic rings. The molecule has 0 aromatic carbocycles. The van der Waals surface area contributed by atoms with Crippen LogP contribution in [0, 0.1) is 0 Å². The number of aromatic nitrogens is 6. The highest BCUT2D eigenvalue weighted by atomic mass is 19.4. The second-order valence-corrected chi connectivity index (χ2v) is 5.90. The smallest absolute Gasteiger partial charge is 0.355 e. The highest BCUT2D eigenvalue weighted by Crippen LogP contribution is 2.29. The van der Waals surface area contributed by atoms with Gasteiger partial charge in [-0.25, -0.2) is 15.0 Å². The van der Waals surface area contributed by atoms with Crippen molar-refractivity contribution in [2.45, 2.75) is 12.6 Å². The lowest BCUT2D eigenvalue weighted by molar-refractivity contribution is -0.141. The van der Waals surface area contributed by atoms with Crippen LogP contribution in [-0.4, -0.2) is 55.7 Å². The van der Waals surface area contributed by atoms with Crippen molar-refractivity contribution in [3.63, 3.8) is 0 Å². The Morgan fingerprint density at radius 2 is 1.77 bits per heavy atom. The molecule has 0 radical (unpaired) electrons. The van der Waals surface area contributed by atoms with Crippen LogP contribution in [-0.2, 0) is 6.18 Å². The fourth-order valence-electron chi connectivity index (χ4n) is 3.00. The molecule has 1 fully saturated rings. The molecule has 1 saturated heterocycles. The number of nitrogens with zero attached hydrogens (tertiary/aromatic N) is 8. The van der Waals surface area contributed by atoms with Crippen molar-refractivity contribution in [2.75, 3.05) is 36.0 Å². The van der Waals surface area contributed by atoms with Gasteiger partial charge >= 0.3 is 6.18 Å². The summed E-state index contributed by atoms with van der Waals surface area (Å²) in [4.78, 5) is 15.6. The van der Waals surface area contributed by atoms with Crippen LogP contribution in [0.5, 0.6) is 0 Å². The van der Waals surface area contributed by atoms with Crippen LogP contribution >= 0.6 is 0 Å². The normalized spacial score (nSPS) is 16.1. The number of fused-ring (bicyclic) bond motifs is 1. The maximum Gasteiger partial charge on any atom is 0.433 e. The van der Waals surface area contributed by atoms with Crippen molar-refractivity contribution in [3.05, 3.63) is 36.8 Å². The van der Waals surface area contributed by atoms with E-state index in [1.165, 1.54) is 0 Å². The van der Waals surface area contributed by atoms with Crippen molar-refractivity contribution < 1.29 is 13.2 Å². The molecule has 0 amide bonds. The van der Waals surface area contributed by atoms with E-state index < -0.39 is 11.9 Å². The molecule has 1 aliphatic rings. The van der Waals surface area contributed by atoms with Gasteiger partial charge in [0.1, 0.15) is 24.2 Å². The highest BCUT2D eigenvalue weighted by molar-refractivity contribution is 5.63. The van der Waals surface area contributed by atoms with Gasteiger partial charge in [0.2, 0.25) is 5.65 Å². The van der Waals surface area contributed by atoms with Gasteiger partial charge < -0.3 is 9.80 Å². The lowest BCUT2D eigenvalue weighted by atomic mass is 10.3. The van der Waals surface area contributed by atoms with Crippen LogP contribution in [0.15, 0.2) is 31.1 Å². The van der Waals surface area contributed by atoms with Gasteiger partial charge in [-0.2, -0.15) is 13.2 Å². The number of hydrogen-bond acceptors (Lipinski definition) is 7. The van der Waals surface area contributed by atoms with Crippen molar-refractivity contribution in [2.24, 2.45) is 0 Å². The molecule has 0 spiro atoms. The van der Waals surface area contributed by atoms with Gasteiger partial charge in [0.25, 0.3) is 0 Å². The summed E-state index contributed by atoms with van der Waals surface area (Å²) in [5.41, 5.74) is -0.277. The van der Waals surface area contributed by atoms with Crippen LogP contribution in [0.3, 0.4) is 0 Å². The third-order valence-corrected chi connectivity index (χ3v) is 4.26. The summed E-state index contributed by atoms with van der Waals surface area (Å²) >= 11 is 0. The molecule has 1 aliphatic heterocycles. The number of hydrogen-bond donors (Lipinski definition) is 0. The van der Waals surface area contributed by atoms with Crippen LogP contribution < -0.4 is 9.80 Å². The number of alkyl halides is 3. The molecule has 11 heteroatoms. The van der Waals surface area contributed by atoms with E-state index in [-0.39, 0.29) is 5.82 Å². The Balaban J connectivity index is 1.55. The molecule has 0 saturated carbocycles. The first kappa shape index (κ1) is 16.5. The number of halogens is 3. The van der Waals surface area contributed by atoms with Crippen molar-refractivity contribution >= 4 is 17.3 Å². The van der Waals surface area contributed by atoms with Crippen molar-refractivity contribution in [1.82, 2.24) is 29.5 Å². The molecule has 0 unspecified atom stereocenters. The minimum Gasteiger partial charge on any atom is -0.355 e. The molecule has 0 aliphatic carbocycles. The lowest BCUT2D eigenvalue weighted by Gasteiger charge is -2.23. The van der Waals surface area contributed by atoms with E-state index in [9.17, 15) is 13.2 Å². The molecule has 136 valence electrons. The van der Waals surface area contributed by atoms with Gasteiger partial charge in [-0.05, 0) is 6.42 Å². The second kappa shape index (κ2) is 6.39. The lowest BCUT2D eigenvalue weighted by Crippen LogP contribution is -2.32. The minimum atomic E-state index is -4.48. The number of rotatable bonds is 2. The standard InChI is InChI=1S/C15H15F3N8/c16-15(17,18)11-8-12(21-9-20-11)24-3-1-4-25(7-6-24)13-14-23-22-10-26(14)5-2-19-13/h2,5,8-10H,1,3-4,6-7H2. The van der Waals surface area contributed by atoms with Crippen LogP contribution in [0.4, 0.5) is 24.8 Å². The Labute approximate surface area is 146 Å². The molecule has 3 aromatic heterocycles. The largest absolute Gasteiger partial charge is 0.433 e. The first-order valence-corrected chi connectivity index (χ1v) is 8.06. The Kier molecular flexibility index (Phi) is 4.05. The summed E-state index contributed by atoms with van der Waals surface area (Å²) < 4.78 is 40.4. The first-order chi connectivity index (χ1) is 12.5. The predicted octanol–water partition coefficient (Wildman–Crippen LogP) is 1.65. The maximum absolute atomic E-state index is 12.9. The fourth-order valence-corrected chi connectivity index (χ4v) is 3.00. The zero-order valence-electron chi connectivity index (χ0n) is 13.6. The molecular weight excluding hydrogens is 349 g/mol. The first-order valence-electron chi connectivity index (χ1n) is 8.06. The minimum absolute atomic E-state index is 0.280. The number of anilines is 2. The zero-order valence-corrected chi connectivity index (χ0v) is 13.6. The summed E-state index contributed by atoms with van der Waals surface area (Å²) in [6.45, 7) is 2.42. The van der Waals surface area contributed by atoms with Gasteiger partial charge in [0, 0.05) is 44.6 Å². The molecule has 0 atom stereocenters. The van der Waals surface area contributed by atoms with Crippen molar-refractivity contribution in [1.29, 1.82) is 0 Å². The van der Waals surface area contributed by atoms with Gasteiger partial charge in [-0.3, -0.25) is 4.40 Å². The summed E-state index contributed by atoms with van der Waals surface area (Å²) in [5.74, 6) is 0.994. The molecule has 0 bridgehead atoms. The summed E-state index contributed by atoms with van der Waals surface area (Å²) in [6.07, 6.45) is 2.27. The molecule has 4 heterocycles. The van der Waals surface area contributed by atoms with Gasteiger partial charge in [0.15, 0.2) is 5.82 Å². The van der Waals surface area contributed by atoms with E-state index in [1.807, 2.05) is 4.90 Å². The Hall–Kier alpha value is -2.98. The quantitative estimate of drug-likeness (QED) is 0.684. The van der Waals surface area contributed by atoms with Gasteiger partial charge in [-0.1, -0.05) is 0 Å². The van der Waals surface area contributed by atoms with Crippen LogP contribution in [0.2, 0.25) is 0 Å². The van der Waals surface area contributed by atoms with Crippen LogP contribution in [0.1, 0.15) is 12.1 Å². The van der Waals surface area contributed by atoms with E-state index in [0.717, 1.165) is 18.8 Å². The average molecular weight is 364 g/mol. The molecule has 8 nitrogen and oxygen atoms in total. The fraction of sp³-hybridized carbons (Fsp3) is 0.400. The maximum atomic E-state index is 12.9. The van der Waals surface area contributed by atoms with Gasteiger partial charge in [-0.15, -0.1) is 10.2 Å². The molecule has 26 heavy (non-hydrogen) atoms. The Bertz CT molecular complexity index is 909. The van der Waals surface area contributed by atoms with E-state index in [1.54, 1.807) is 23.1 Å². The van der Waals surface area contributed by atoms with Gasteiger partial charge in [0.05, 0.1) is 0 Å². The molecule has 4 rings (SSSR count). The Morgan fingerprint density at radius 1 is 0.962 bits per heavy atom. The monoisotopic (exact) mass is 364 g/mol. The third-order valence-electron chi connectivity index (χ3n) is 4.26. The zero-order chi connectivity index (χ0) is 18.1. The predicted molar refractivity (Wildman–Crippen MR) is 86.9 cm³/mol. The van der Waals surface area contributed by atoms with E-state index in [4.69, 9.17) is 0 Å². The SMILES string of the molecule is FC(F)(F)c1cc(N2CCCN(c3nccn4cnnc34)CC2)ncn1. The second-order valence-electron chi connectivity index (χ2n) is 5.90.